The minimum atomic E-state index is -3.69. The first-order chi connectivity index (χ1) is 18.9. The van der Waals surface area contributed by atoms with Gasteiger partial charge in [-0.25, -0.2) is 0 Å². The zero-order valence-electron chi connectivity index (χ0n) is 28.2. The quantitative estimate of drug-likeness (QED) is 0.0675. The van der Waals surface area contributed by atoms with Gasteiger partial charge in [0.1, 0.15) is 15.2 Å². The maximum atomic E-state index is 12.1. The predicted molar refractivity (Wildman–Crippen MR) is 170 cm³/mol. The van der Waals surface area contributed by atoms with E-state index in [9.17, 15) is 18.9 Å². The van der Waals surface area contributed by atoms with E-state index in [1.165, 1.54) is 64.2 Å². The summed E-state index contributed by atoms with van der Waals surface area (Å²) < 4.78 is 34.9. The average Bonchev–Trinajstić information content (AvgIpc) is 2.89. The van der Waals surface area contributed by atoms with E-state index < -0.39 is 15.2 Å². The van der Waals surface area contributed by atoms with Crippen LogP contribution in [0.4, 0.5) is 0 Å². The molecule has 6 nitrogen and oxygen atoms in total. The minimum Gasteiger partial charge on any atom is -0.778 e. The molecule has 248 valence electrons. The summed E-state index contributed by atoms with van der Waals surface area (Å²) in [6.07, 6.45) is 21.0. The zero-order valence-corrected chi connectivity index (χ0v) is 31.3. The van der Waals surface area contributed by atoms with Gasteiger partial charge in [-0.3, -0.25) is 0 Å². The monoisotopic (exact) mass is 662 g/mol. The molecule has 0 spiro atoms. The summed E-state index contributed by atoms with van der Waals surface area (Å²) in [5.41, 5.74) is -0.699. The second-order valence-electron chi connectivity index (χ2n) is 12.0. The van der Waals surface area contributed by atoms with E-state index in [0.29, 0.717) is 0 Å². The van der Waals surface area contributed by atoms with Crippen molar-refractivity contribution in [3.63, 3.8) is 0 Å². The Kier molecular flexibility index (Phi) is 33.3. The van der Waals surface area contributed by atoms with Crippen LogP contribution >= 0.6 is 15.2 Å². The van der Waals surface area contributed by atoms with E-state index in [0.717, 1.165) is 64.2 Å². The zero-order chi connectivity index (χ0) is 30.9. The van der Waals surface area contributed by atoms with Crippen molar-refractivity contribution < 1.29 is 45.3 Å². The molecule has 0 fully saturated rings. The Morgan fingerprint density at radius 2 is 0.707 bits per heavy atom. The summed E-state index contributed by atoms with van der Waals surface area (Å²) in [5, 5.41) is 0. The van der Waals surface area contributed by atoms with Gasteiger partial charge in [0.05, 0.1) is 12.2 Å². The average molecular weight is 663 g/mol. The van der Waals surface area contributed by atoms with E-state index in [1.807, 2.05) is 13.8 Å². The second-order valence-corrected chi connectivity index (χ2v) is 16.4. The van der Waals surface area contributed by atoms with Crippen molar-refractivity contribution in [1.29, 1.82) is 0 Å². The molecule has 0 aliphatic carbocycles. The molecule has 6 atom stereocenters. The van der Waals surface area contributed by atoms with Gasteiger partial charge in [0.15, 0.2) is 0 Å². The van der Waals surface area contributed by atoms with Crippen molar-refractivity contribution in [2.75, 3.05) is 0 Å². The van der Waals surface area contributed by atoms with Gasteiger partial charge >= 0.3 is 17.4 Å². The third kappa shape index (κ3) is 28.1. The maximum absolute atomic E-state index is 12.1. The fraction of sp³-hybridized carbons (Fsp3) is 1.00. The smallest absolute Gasteiger partial charge is 0.778 e. The van der Waals surface area contributed by atoms with Gasteiger partial charge < -0.3 is 28.0 Å². The third-order valence-corrected chi connectivity index (χ3v) is 11.6. The van der Waals surface area contributed by atoms with Gasteiger partial charge in [0, 0.05) is 11.3 Å². The first kappa shape index (κ1) is 46.3. The molecule has 6 unspecified atom stereocenters. The van der Waals surface area contributed by atoms with Gasteiger partial charge in [-0.15, -0.1) is 0 Å². The van der Waals surface area contributed by atoms with E-state index in [1.54, 1.807) is 13.8 Å². The van der Waals surface area contributed by atoms with Gasteiger partial charge in [-0.2, -0.15) is 0 Å². The van der Waals surface area contributed by atoms with Crippen LogP contribution in [0.3, 0.4) is 0 Å². The summed E-state index contributed by atoms with van der Waals surface area (Å²) in [6.45, 7) is 16.0. The molecular formula is C32H68CrO6P2. The van der Waals surface area contributed by atoms with Crippen molar-refractivity contribution >= 4 is 15.2 Å². The van der Waals surface area contributed by atoms with Crippen LogP contribution in [0, 0.1) is 0 Å². The van der Waals surface area contributed by atoms with Gasteiger partial charge in [0.25, 0.3) is 0 Å². The van der Waals surface area contributed by atoms with Crippen LogP contribution in [0.1, 0.15) is 184 Å². The van der Waals surface area contributed by atoms with Gasteiger partial charge in [0.2, 0.25) is 0 Å². The minimum absolute atomic E-state index is 0. The predicted octanol–water partition coefficient (Wildman–Crippen LogP) is 10.5. The van der Waals surface area contributed by atoms with Crippen molar-refractivity contribution in [1.82, 2.24) is 0 Å². The number of hydrogen-bond donors (Lipinski definition) is 0. The normalized spacial score (nSPS) is 17.2. The molecule has 0 bridgehead atoms. The van der Waals surface area contributed by atoms with Crippen molar-refractivity contribution in [3.8, 4) is 0 Å². The molecule has 0 aliphatic rings. The Balaban J connectivity index is -0.000000688. The van der Waals surface area contributed by atoms with E-state index in [4.69, 9.17) is 9.05 Å². The molecule has 0 saturated carbocycles. The molecular weight excluding hydrogens is 594 g/mol. The summed E-state index contributed by atoms with van der Waals surface area (Å²) >= 11 is 0. The van der Waals surface area contributed by atoms with Crippen LogP contribution in [0.25, 0.3) is 0 Å². The van der Waals surface area contributed by atoms with Crippen LogP contribution in [0.2, 0.25) is 0 Å². The van der Waals surface area contributed by atoms with Crippen LogP contribution in [-0.4, -0.2) is 23.5 Å². The number of hydrogen-bond acceptors (Lipinski definition) is 6. The Hall–Kier alpha value is 0.832. The molecule has 0 aromatic rings. The summed E-state index contributed by atoms with van der Waals surface area (Å²) in [4.78, 5) is 24.2. The topological polar surface area (TPSA) is 98.7 Å². The molecule has 0 rings (SSSR count). The van der Waals surface area contributed by atoms with Crippen LogP contribution in [0.5, 0.6) is 0 Å². The first-order valence-electron chi connectivity index (χ1n) is 16.9. The molecule has 0 aromatic heterocycles. The van der Waals surface area contributed by atoms with Crippen molar-refractivity contribution in [2.24, 2.45) is 0 Å². The van der Waals surface area contributed by atoms with E-state index in [2.05, 4.69) is 27.7 Å². The summed E-state index contributed by atoms with van der Waals surface area (Å²) in [7, 11) is -7.39. The number of rotatable bonds is 26. The molecule has 0 N–H and O–H groups in total. The second kappa shape index (κ2) is 29.5. The van der Waals surface area contributed by atoms with Crippen LogP contribution in [-0.2, 0) is 35.5 Å². The Morgan fingerprint density at radius 1 is 0.463 bits per heavy atom. The Labute approximate surface area is 267 Å². The van der Waals surface area contributed by atoms with E-state index >= 15 is 0 Å². The first-order valence-corrected chi connectivity index (χ1v) is 20.1. The molecule has 0 aliphatic heterocycles. The largest absolute Gasteiger partial charge is 2.00 e. The fourth-order valence-corrected chi connectivity index (χ4v) is 7.21. The molecule has 0 saturated heterocycles. The van der Waals surface area contributed by atoms with Crippen LogP contribution in [0.15, 0.2) is 0 Å². The molecule has 41 heavy (non-hydrogen) atoms. The van der Waals surface area contributed by atoms with E-state index in [-0.39, 0.29) is 40.9 Å². The SMILES string of the molecule is CCCCCCC(C)OP(=O)([O-])C(C)CCCCCC.CCCCCCC(C)OP(=O)([O-])C(C)CCCCCC.[Cr+2]. The standard InChI is InChI=1S/2C16H35O3P.Cr/c2*1-5-7-9-11-13-15(3)19-20(17,18)16(4)14-12-10-8-6-2;/h2*15-16H,5-14H2,1-4H3,(H,17,18);/q;;+2/p-2. The van der Waals surface area contributed by atoms with Gasteiger partial charge in [-0.05, 0) is 39.5 Å². The molecule has 0 radical (unpaired) electrons. The van der Waals surface area contributed by atoms with Crippen LogP contribution < -0.4 is 9.79 Å². The van der Waals surface area contributed by atoms with Gasteiger partial charge in [-0.1, -0.05) is 144 Å². The van der Waals surface area contributed by atoms with Crippen molar-refractivity contribution in [2.45, 2.75) is 207 Å². The molecule has 0 heterocycles. The summed E-state index contributed by atoms with van der Waals surface area (Å²) in [5.74, 6) is 0. The fourth-order valence-electron chi connectivity index (χ4n) is 4.58. The summed E-state index contributed by atoms with van der Waals surface area (Å²) in [6, 6.07) is 0. The molecule has 0 aromatic carbocycles. The third-order valence-electron chi connectivity index (χ3n) is 7.61. The Bertz CT molecular complexity index is 598. The molecule has 0 amide bonds. The Morgan fingerprint density at radius 3 is 0.951 bits per heavy atom. The van der Waals surface area contributed by atoms with Crippen molar-refractivity contribution in [3.05, 3.63) is 0 Å². The maximum Gasteiger partial charge on any atom is 2.00 e. The number of unbranched alkanes of at least 4 members (excludes halogenated alkanes) is 12. The molecule has 9 heteroatoms.